The van der Waals surface area contributed by atoms with E-state index in [1.807, 2.05) is 13.0 Å². The first-order chi connectivity index (χ1) is 4.74. The van der Waals surface area contributed by atoms with Gasteiger partial charge in [-0.25, -0.2) is 0 Å². The van der Waals surface area contributed by atoms with Gasteiger partial charge in [0.25, 0.3) is 0 Å². The highest BCUT2D eigenvalue weighted by molar-refractivity contribution is 5.73. The minimum Gasteiger partial charge on any atom is -0.458 e. The lowest BCUT2D eigenvalue weighted by atomic mass is 10.1. The normalized spacial score (nSPS) is 25.6. The zero-order chi connectivity index (χ0) is 7.56. The molecule has 1 atom stereocenters. The lowest BCUT2D eigenvalue weighted by molar-refractivity contribution is -0.146. The van der Waals surface area contributed by atoms with Gasteiger partial charge in [-0.1, -0.05) is 13.0 Å². The molecule has 2 heteroatoms. The second-order valence-electron chi connectivity index (χ2n) is 2.47. The van der Waals surface area contributed by atoms with Crippen molar-refractivity contribution in [2.24, 2.45) is 0 Å². The maximum absolute atomic E-state index is 10.7. The van der Waals surface area contributed by atoms with Gasteiger partial charge in [0.2, 0.25) is 0 Å². The van der Waals surface area contributed by atoms with Crippen LogP contribution in [-0.4, -0.2) is 12.1 Å². The second kappa shape index (κ2) is 2.86. The third-order valence-electron chi connectivity index (χ3n) is 1.77. The number of hydrogen-bond donors (Lipinski definition) is 0. The summed E-state index contributed by atoms with van der Waals surface area (Å²) in [7, 11) is 0. The number of hydrogen-bond acceptors (Lipinski definition) is 2. The summed E-state index contributed by atoms with van der Waals surface area (Å²) >= 11 is 0. The van der Waals surface area contributed by atoms with Gasteiger partial charge < -0.3 is 4.74 Å². The Balaban J connectivity index is 2.65. The quantitative estimate of drug-likeness (QED) is 0.409. The summed E-state index contributed by atoms with van der Waals surface area (Å²) in [6, 6.07) is 0. The molecule has 1 unspecified atom stereocenters. The zero-order valence-corrected chi connectivity index (χ0v) is 6.39. The van der Waals surface area contributed by atoms with Crippen LogP contribution in [0.15, 0.2) is 11.6 Å². The van der Waals surface area contributed by atoms with Crippen LogP contribution in [0.1, 0.15) is 26.7 Å². The third-order valence-corrected chi connectivity index (χ3v) is 1.77. The van der Waals surface area contributed by atoms with Crippen LogP contribution in [0.4, 0.5) is 0 Å². The Morgan fingerprint density at radius 3 is 3.00 bits per heavy atom. The first-order valence-corrected chi connectivity index (χ1v) is 3.62. The Hall–Kier alpha value is -0.790. The van der Waals surface area contributed by atoms with Gasteiger partial charge in [-0.3, -0.25) is 4.79 Å². The summed E-state index contributed by atoms with van der Waals surface area (Å²) in [6.45, 7) is 3.98. The molecule has 0 N–H and O–H groups in total. The van der Waals surface area contributed by atoms with Crippen molar-refractivity contribution in [3.05, 3.63) is 11.6 Å². The van der Waals surface area contributed by atoms with E-state index >= 15 is 0 Å². The third kappa shape index (κ3) is 1.38. The van der Waals surface area contributed by atoms with Gasteiger partial charge in [-0.15, -0.1) is 0 Å². The molecule has 1 aliphatic rings. The van der Waals surface area contributed by atoms with Crippen LogP contribution < -0.4 is 0 Å². The SMILES string of the molecule is CCC1=CCC(=O)OC1C. The monoisotopic (exact) mass is 140 g/mol. The predicted molar refractivity (Wildman–Crippen MR) is 38.5 cm³/mol. The highest BCUT2D eigenvalue weighted by atomic mass is 16.5. The Kier molecular flexibility index (Phi) is 2.10. The molecule has 0 aromatic carbocycles. The molecule has 0 spiro atoms. The molecule has 2 nitrogen and oxygen atoms in total. The molecule has 0 fully saturated rings. The Bertz CT molecular complexity index is 170. The van der Waals surface area contributed by atoms with E-state index in [1.54, 1.807) is 0 Å². The molecule has 0 saturated heterocycles. The maximum atomic E-state index is 10.7. The van der Waals surface area contributed by atoms with E-state index in [2.05, 4.69) is 6.92 Å². The number of cyclic esters (lactones) is 1. The van der Waals surface area contributed by atoms with E-state index in [0.717, 1.165) is 6.42 Å². The smallest absolute Gasteiger partial charge is 0.310 e. The van der Waals surface area contributed by atoms with E-state index < -0.39 is 0 Å². The minimum absolute atomic E-state index is 0.00579. The van der Waals surface area contributed by atoms with Gasteiger partial charge >= 0.3 is 5.97 Å². The van der Waals surface area contributed by atoms with Crippen molar-refractivity contribution < 1.29 is 9.53 Å². The van der Waals surface area contributed by atoms with Crippen molar-refractivity contribution in [2.75, 3.05) is 0 Å². The van der Waals surface area contributed by atoms with Crippen molar-refractivity contribution in [1.29, 1.82) is 0 Å². The molecule has 0 saturated carbocycles. The summed E-state index contributed by atoms with van der Waals surface area (Å²) in [6.07, 6.45) is 3.41. The summed E-state index contributed by atoms with van der Waals surface area (Å²) in [4.78, 5) is 10.7. The molecule has 0 aromatic heterocycles. The highest BCUT2D eigenvalue weighted by Crippen LogP contribution is 2.16. The van der Waals surface area contributed by atoms with Gasteiger partial charge in [0.1, 0.15) is 6.10 Å². The number of esters is 1. The van der Waals surface area contributed by atoms with Crippen LogP contribution >= 0.6 is 0 Å². The van der Waals surface area contributed by atoms with Crippen LogP contribution in [0, 0.1) is 0 Å². The van der Waals surface area contributed by atoms with Gasteiger partial charge in [0.15, 0.2) is 0 Å². The van der Waals surface area contributed by atoms with E-state index in [4.69, 9.17) is 4.74 Å². The van der Waals surface area contributed by atoms with Gasteiger partial charge in [0, 0.05) is 0 Å². The summed E-state index contributed by atoms with van der Waals surface area (Å²) in [5, 5.41) is 0. The highest BCUT2D eigenvalue weighted by Gasteiger charge is 2.16. The Labute approximate surface area is 60.9 Å². The molecule has 0 aliphatic carbocycles. The van der Waals surface area contributed by atoms with Gasteiger partial charge in [-0.2, -0.15) is 0 Å². The van der Waals surface area contributed by atoms with Crippen molar-refractivity contribution >= 4 is 5.97 Å². The zero-order valence-electron chi connectivity index (χ0n) is 6.39. The van der Waals surface area contributed by atoms with E-state index in [-0.39, 0.29) is 12.1 Å². The molecule has 0 amide bonds. The van der Waals surface area contributed by atoms with E-state index in [1.165, 1.54) is 5.57 Å². The second-order valence-corrected chi connectivity index (χ2v) is 2.47. The predicted octanol–water partition coefficient (Wildman–Crippen LogP) is 1.66. The van der Waals surface area contributed by atoms with Crippen LogP contribution in [0.5, 0.6) is 0 Å². The molecule has 0 bridgehead atoms. The summed E-state index contributed by atoms with van der Waals surface area (Å²) < 4.78 is 4.98. The number of ether oxygens (including phenoxy) is 1. The molecule has 1 aliphatic heterocycles. The maximum Gasteiger partial charge on any atom is 0.310 e. The summed E-state index contributed by atoms with van der Waals surface area (Å²) in [5.41, 5.74) is 1.24. The van der Waals surface area contributed by atoms with Gasteiger partial charge in [0.05, 0.1) is 6.42 Å². The summed E-state index contributed by atoms with van der Waals surface area (Å²) in [5.74, 6) is -0.107. The van der Waals surface area contributed by atoms with Crippen LogP contribution in [0.25, 0.3) is 0 Å². The molecule has 10 heavy (non-hydrogen) atoms. The number of rotatable bonds is 1. The lowest BCUT2D eigenvalue weighted by Gasteiger charge is -2.19. The van der Waals surface area contributed by atoms with E-state index in [0.29, 0.717) is 6.42 Å². The van der Waals surface area contributed by atoms with Crippen molar-refractivity contribution in [1.82, 2.24) is 0 Å². The molecular weight excluding hydrogens is 128 g/mol. The molecule has 1 heterocycles. The first kappa shape index (κ1) is 7.32. The minimum atomic E-state index is -0.107. The lowest BCUT2D eigenvalue weighted by Crippen LogP contribution is -2.20. The fourth-order valence-electron chi connectivity index (χ4n) is 1.13. The fraction of sp³-hybridized carbons (Fsp3) is 0.625. The first-order valence-electron chi connectivity index (χ1n) is 3.62. The van der Waals surface area contributed by atoms with Crippen LogP contribution in [0.2, 0.25) is 0 Å². The fourth-order valence-corrected chi connectivity index (χ4v) is 1.13. The van der Waals surface area contributed by atoms with E-state index in [9.17, 15) is 4.79 Å². The van der Waals surface area contributed by atoms with Crippen molar-refractivity contribution in [3.8, 4) is 0 Å². The molecule has 0 radical (unpaired) electrons. The molecule has 56 valence electrons. The Morgan fingerprint density at radius 1 is 1.80 bits per heavy atom. The number of carbonyl (C=O) groups excluding carboxylic acids is 1. The van der Waals surface area contributed by atoms with Gasteiger partial charge in [-0.05, 0) is 18.9 Å². The number of carbonyl (C=O) groups is 1. The largest absolute Gasteiger partial charge is 0.458 e. The molecule has 1 rings (SSSR count). The topological polar surface area (TPSA) is 26.3 Å². The van der Waals surface area contributed by atoms with Crippen molar-refractivity contribution in [2.45, 2.75) is 32.8 Å². The average molecular weight is 140 g/mol. The van der Waals surface area contributed by atoms with Crippen LogP contribution in [-0.2, 0) is 9.53 Å². The van der Waals surface area contributed by atoms with Crippen LogP contribution in [0.3, 0.4) is 0 Å². The van der Waals surface area contributed by atoms with Crippen molar-refractivity contribution in [3.63, 3.8) is 0 Å². The Morgan fingerprint density at radius 2 is 2.50 bits per heavy atom. The average Bonchev–Trinajstić information content (AvgIpc) is 1.88. The molecule has 0 aromatic rings. The molecular formula is C8H12O2. The standard InChI is InChI=1S/C8H12O2/c1-3-7-4-5-8(9)10-6(7)2/h4,6H,3,5H2,1-2H3.